The van der Waals surface area contributed by atoms with Gasteiger partial charge in [0.25, 0.3) is 0 Å². The van der Waals surface area contributed by atoms with Gasteiger partial charge in [0.05, 0.1) is 5.69 Å². The van der Waals surface area contributed by atoms with Crippen LogP contribution in [-0.2, 0) is 13.1 Å². The van der Waals surface area contributed by atoms with Crippen LogP contribution in [0.4, 0.5) is 0 Å². The fourth-order valence-corrected chi connectivity index (χ4v) is 4.86. The minimum Gasteiger partial charge on any atom is -0.296 e. The second-order valence-electron chi connectivity index (χ2n) is 7.27. The second kappa shape index (κ2) is 8.93. The van der Waals surface area contributed by atoms with E-state index in [4.69, 9.17) is 28.2 Å². The van der Waals surface area contributed by atoms with E-state index in [-0.39, 0.29) is 0 Å². The zero-order valence-corrected chi connectivity index (χ0v) is 18.2. The van der Waals surface area contributed by atoms with Gasteiger partial charge in [-0.05, 0) is 25.1 Å². The third kappa shape index (κ3) is 4.76. The highest BCUT2D eigenvalue weighted by Crippen LogP contribution is 2.27. The van der Waals surface area contributed by atoms with Crippen LogP contribution in [0, 0.1) is 6.92 Å². The molecule has 0 spiro atoms. The zero-order valence-electron chi connectivity index (χ0n) is 15.9. The van der Waals surface area contributed by atoms with Crippen LogP contribution in [0.25, 0.3) is 10.6 Å². The number of nitrogens with zero attached hydrogens (tertiary/aromatic N) is 3. The number of aromatic nitrogens is 1. The number of hydrogen-bond acceptors (Lipinski definition) is 4. The highest BCUT2D eigenvalue weighted by atomic mass is 35.5. The van der Waals surface area contributed by atoms with Gasteiger partial charge in [0.15, 0.2) is 0 Å². The lowest BCUT2D eigenvalue weighted by Crippen LogP contribution is -2.45. The average molecular weight is 432 g/mol. The summed E-state index contributed by atoms with van der Waals surface area (Å²) >= 11 is 14.4. The molecule has 6 heteroatoms. The summed E-state index contributed by atoms with van der Waals surface area (Å²) in [4.78, 5) is 9.75. The summed E-state index contributed by atoms with van der Waals surface area (Å²) in [5, 5.41) is 4.79. The molecule has 2 heterocycles. The first-order valence-corrected chi connectivity index (χ1v) is 11.1. The largest absolute Gasteiger partial charge is 0.296 e. The monoisotopic (exact) mass is 431 g/mol. The Labute approximate surface area is 180 Å². The summed E-state index contributed by atoms with van der Waals surface area (Å²) < 4.78 is 0. The standard InChI is InChI=1S/C22H23Cl2N3S/c1-16-4-2-5-17(12-16)22-25-18(15-28-22)13-26-8-10-27(11-9-26)14-19-20(23)6-3-7-21(19)24/h2-7,12,15H,8-11,13-14H2,1H3. The van der Waals surface area contributed by atoms with Crippen molar-refractivity contribution in [2.75, 3.05) is 26.2 Å². The van der Waals surface area contributed by atoms with E-state index in [1.807, 2.05) is 18.2 Å². The Balaban J connectivity index is 1.32. The van der Waals surface area contributed by atoms with Crippen molar-refractivity contribution in [3.63, 3.8) is 0 Å². The molecular formula is C22H23Cl2N3S. The molecule has 0 bridgehead atoms. The Morgan fingerprint density at radius 2 is 1.57 bits per heavy atom. The first-order valence-electron chi connectivity index (χ1n) is 9.47. The Hall–Kier alpha value is -1.43. The van der Waals surface area contributed by atoms with Gasteiger partial charge in [0, 0.05) is 65.8 Å². The summed E-state index contributed by atoms with van der Waals surface area (Å²) in [5.41, 5.74) is 4.66. The molecule has 0 saturated carbocycles. The minimum absolute atomic E-state index is 0.751. The van der Waals surface area contributed by atoms with E-state index in [1.165, 1.54) is 11.1 Å². The number of thiazole rings is 1. The molecule has 1 fully saturated rings. The Bertz CT molecular complexity index is 928. The van der Waals surface area contributed by atoms with E-state index in [0.717, 1.165) is 65.6 Å². The molecule has 1 aliphatic rings. The second-order valence-corrected chi connectivity index (χ2v) is 8.94. The fraction of sp³-hybridized carbons (Fsp3) is 0.318. The Morgan fingerprint density at radius 1 is 0.929 bits per heavy atom. The van der Waals surface area contributed by atoms with Crippen molar-refractivity contribution in [1.82, 2.24) is 14.8 Å². The number of halogens is 2. The molecule has 4 rings (SSSR count). The summed E-state index contributed by atoms with van der Waals surface area (Å²) in [6.45, 7) is 7.91. The van der Waals surface area contributed by atoms with Gasteiger partial charge >= 0.3 is 0 Å². The van der Waals surface area contributed by atoms with Crippen molar-refractivity contribution in [2.45, 2.75) is 20.0 Å². The maximum atomic E-state index is 6.32. The first kappa shape index (κ1) is 19.9. The normalized spacial score (nSPS) is 15.8. The van der Waals surface area contributed by atoms with Crippen molar-refractivity contribution in [3.05, 3.63) is 74.7 Å². The van der Waals surface area contributed by atoms with Gasteiger partial charge in [-0.25, -0.2) is 4.98 Å². The van der Waals surface area contributed by atoms with Crippen LogP contribution in [0.15, 0.2) is 47.8 Å². The Morgan fingerprint density at radius 3 is 2.25 bits per heavy atom. The maximum absolute atomic E-state index is 6.32. The molecule has 0 N–H and O–H groups in total. The predicted molar refractivity (Wildman–Crippen MR) is 119 cm³/mol. The zero-order chi connectivity index (χ0) is 19.5. The SMILES string of the molecule is Cc1cccc(-c2nc(CN3CCN(Cc4c(Cl)cccc4Cl)CC3)cs2)c1. The van der Waals surface area contributed by atoms with Gasteiger partial charge in [-0.2, -0.15) is 0 Å². The van der Waals surface area contributed by atoms with Crippen molar-refractivity contribution in [1.29, 1.82) is 0 Å². The van der Waals surface area contributed by atoms with Crippen LogP contribution >= 0.6 is 34.5 Å². The van der Waals surface area contributed by atoms with Gasteiger partial charge in [-0.1, -0.05) is 53.0 Å². The van der Waals surface area contributed by atoms with Crippen LogP contribution in [0.5, 0.6) is 0 Å². The smallest absolute Gasteiger partial charge is 0.123 e. The summed E-state index contributed by atoms with van der Waals surface area (Å²) in [6.07, 6.45) is 0. The van der Waals surface area contributed by atoms with Crippen molar-refractivity contribution in [3.8, 4) is 10.6 Å². The van der Waals surface area contributed by atoms with Gasteiger partial charge in [0.2, 0.25) is 0 Å². The van der Waals surface area contributed by atoms with Crippen LogP contribution < -0.4 is 0 Å². The third-order valence-electron chi connectivity index (χ3n) is 5.11. The lowest BCUT2D eigenvalue weighted by atomic mass is 10.1. The molecule has 146 valence electrons. The predicted octanol–water partition coefficient (Wildman–Crippen LogP) is 5.74. The molecule has 0 aliphatic carbocycles. The lowest BCUT2D eigenvalue weighted by molar-refractivity contribution is 0.121. The molecule has 3 aromatic rings. The lowest BCUT2D eigenvalue weighted by Gasteiger charge is -2.34. The van der Waals surface area contributed by atoms with Crippen LogP contribution in [-0.4, -0.2) is 41.0 Å². The van der Waals surface area contributed by atoms with Crippen molar-refractivity contribution >= 4 is 34.5 Å². The minimum atomic E-state index is 0.751. The number of hydrogen-bond donors (Lipinski definition) is 0. The van der Waals surface area contributed by atoms with E-state index >= 15 is 0 Å². The van der Waals surface area contributed by atoms with Crippen molar-refractivity contribution < 1.29 is 0 Å². The van der Waals surface area contributed by atoms with Gasteiger partial charge in [0.1, 0.15) is 5.01 Å². The molecule has 1 aliphatic heterocycles. The summed E-state index contributed by atoms with van der Waals surface area (Å²) in [7, 11) is 0. The molecule has 1 saturated heterocycles. The number of rotatable bonds is 5. The highest BCUT2D eigenvalue weighted by Gasteiger charge is 2.20. The van der Waals surface area contributed by atoms with Gasteiger partial charge in [-0.3, -0.25) is 9.80 Å². The third-order valence-corrected chi connectivity index (χ3v) is 6.76. The molecule has 3 nitrogen and oxygen atoms in total. The van der Waals surface area contributed by atoms with Crippen LogP contribution in [0.2, 0.25) is 10.0 Å². The summed E-state index contributed by atoms with van der Waals surface area (Å²) in [6, 6.07) is 14.3. The maximum Gasteiger partial charge on any atom is 0.123 e. The molecule has 1 aromatic heterocycles. The molecular weight excluding hydrogens is 409 g/mol. The molecule has 0 atom stereocenters. The van der Waals surface area contributed by atoms with Crippen LogP contribution in [0.1, 0.15) is 16.8 Å². The van der Waals surface area contributed by atoms with E-state index in [1.54, 1.807) is 11.3 Å². The summed E-state index contributed by atoms with van der Waals surface area (Å²) in [5.74, 6) is 0. The highest BCUT2D eigenvalue weighted by molar-refractivity contribution is 7.13. The molecule has 0 unspecified atom stereocenters. The van der Waals surface area contributed by atoms with E-state index in [9.17, 15) is 0 Å². The van der Waals surface area contributed by atoms with Gasteiger partial charge in [-0.15, -0.1) is 11.3 Å². The van der Waals surface area contributed by atoms with E-state index in [0.29, 0.717) is 0 Å². The fourth-order valence-electron chi connectivity index (χ4n) is 3.53. The quantitative estimate of drug-likeness (QED) is 0.512. The molecule has 2 aromatic carbocycles. The van der Waals surface area contributed by atoms with Crippen molar-refractivity contribution in [2.24, 2.45) is 0 Å². The Kier molecular flexibility index (Phi) is 6.34. The number of benzene rings is 2. The number of piperazine rings is 1. The average Bonchev–Trinajstić information content (AvgIpc) is 3.15. The van der Waals surface area contributed by atoms with E-state index < -0.39 is 0 Å². The molecule has 0 amide bonds. The topological polar surface area (TPSA) is 19.4 Å². The van der Waals surface area contributed by atoms with Crippen LogP contribution in [0.3, 0.4) is 0 Å². The molecule has 28 heavy (non-hydrogen) atoms. The van der Waals surface area contributed by atoms with Gasteiger partial charge < -0.3 is 0 Å². The first-order chi connectivity index (χ1) is 13.6. The molecule has 0 radical (unpaired) electrons. The number of aryl methyl sites for hydroxylation is 1. The van der Waals surface area contributed by atoms with E-state index in [2.05, 4.69) is 46.4 Å².